The van der Waals surface area contributed by atoms with E-state index in [1.807, 2.05) is 0 Å². The number of rotatable bonds is 3. The van der Waals surface area contributed by atoms with E-state index < -0.39 is 5.97 Å². The zero-order chi connectivity index (χ0) is 15.0. The molecule has 0 unspecified atom stereocenters. The third kappa shape index (κ3) is 2.18. The minimum absolute atomic E-state index is 0.102. The van der Waals surface area contributed by atoms with Crippen molar-refractivity contribution in [3.8, 4) is 22.8 Å². The van der Waals surface area contributed by atoms with E-state index in [1.165, 1.54) is 23.9 Å². The van der Waals surface area contributed by atoms with Gasteiger partial charge in [-0.05, 0) is 18.6 Å². The van der Waals surface area contributed by atoms with Crippen LogP contribution >= 0.6 is 11.6 Å². The molecule has 1 aromatic heterocycles. The number of phenols is 1. The Kier molecular flexibility index (Phi) is 3.59. The van der Waals surface area contributed by atoms with Crippen LogP contribution in [0.2, 0.25) is 5.02 Å². The number of aromatic hydroxyl groups is 1. The maximum Gasteiger partial charge on any atom is 0.356 e. The number of phenolic OH excluding ortho intramolecular Hbond substituents is 1. The van der Waals surface area contributed by atoms with Crippen LogP contribution in [0.3, 0.4) is 0 Å². The third-order valence-corrected chi connectivity index (χ3v) is 3.43. The Balaban J connectivity index is 2.75. The standard InChI is InChI=1S/C13H13ClN2O4/c1-6-7(14)4-10(20-3)12(17)11(6)9-5-8(13(18)19)15-16(9)2/h4-5,17H,1-3H3,(H,18,19). The molecule has 106 valence electrons. The molecule has 0 fully saturated rings. The minimum atomic E-state index is -1.14. The molecule has 0 atom stereocenters. The summed E-state index contributed by atoms with van der Waals surface area (Å²) in [5.74, 6) is -1.03. The van der Waals surface area contributed by atoms with Crippen LogP contribution in [0.25, 0.3) is 11.3 Å². The van der Waals surface area contributed by atoms with Gasteiger partial charge in [-0.15, -0.1) is 0 Å². The molecule has 0 aliphatic carbocycles. The van der Waals surface area contributed by atoms with Gasteiger partial charge in [0.25, 0.3) is 0 Å². The van der Waals surface area contributed by atoms with Crippen molar-refractivity contribution < 1.29 is 19.7 Å². The monoisotopic (exact) mass is 296 g/mol. The first-order chi connectivity index (χ1) is 9.36. The summed E-state index contributed by atoms with van der Waals surface area (Å²) in [6.07, 6.45) is 0. The topological polar surface area (TPSA) is 84.6 Å². The van der Waals surface area contributed by atoms with E-state index in [-0.39, 0.29) is 17.2 Å². The van der Waals surface area contributed by atoms with Crippen molar-refractivity contribution in [3.63, 3.8) is 0 Å². The van der Waals surface area contributed by atoms with Gasteiger partial charge in [0.1, 0.15) is 0 Å². The van der Waals surface area contributed by atoms with E-state index >= 15 is 0 Å². The molecule has 0 amide bonds. The van der Waals surface area contributed by atoms with Gasteiger partial charge in [-0.25, -0.2) is 4.79 Å². The quantitative estimate of drug-likeness (QED) is 0.909. The van der Waals surface area contributed by atoms with Gasteiger partial charge in [0, 0.05) is 23.7 Å². The van der Waals surface area contributed by atoms with Crippen LogP contribution in [-0.4, -0.2) is 33.1 Å². The summed E-state index contributed by atoms with van der Waals surface area (Å²) >= 11 is 6.10. The van der Waals surface area contributed by atoms with Crippen LogP contribution in [0.1, 0.15) is 16.1 Å². The fraction of sp³-hybridized carbons (Fsp3) is 0.231. The van der Waals surface area contributed by atoms with Crippen molar-refractivity contribution in [3.05, 3.63) is 28.4 Å². The molecule has 20 heavy (non-hydrogen) atoms. The fourth-order valence-electron chi connectivity index (χ4n) is 1.99. The van der Waals surface area contributed by atoms with Crippen LogP contribution in [0.5, 0.6) is 11.5 Å². The summed E-state index contributed by atoms with van der Waals surface area (Å²) in [7, 11) is 3.00. The molecule has 0 spiro atoms. The summed E-state index contributed by atoms with van der Waals surface area (Å²) in [5, 5.41) is 23.5. The van der Waals surface area contributed by atoms with Gasteiger partial charge in [0.05, 0.1) is 12.8 Å². The van der Waals surface area contributed by atoms with Crippen molar-refractivity contribution in [1.82, 2.24) is 9.78 Å². The Bertz CT molecular complexity index is 694. The predicted octanol–water partition coefficient (Wildman–Crippen LogP) is 2.46. The van der Waals surface area contributed by atoms with Crippen molar-refractivity contribution in [1.29, 1.82) is 0 Å². The number of ether oxygens (including phenoxy) is 1. The average molecular weight is 297 g/mol. The molecular weight excluding hydrogens is 284 g/mol. The van der Waals surface area contributed by atoms with Gasteiger partial charge in [0.2, 0.25) is 0 Å². The first kappa shape index (κ1) is 14.2. The van der Waals surface area contributed by atoms with Gasteiger partial charge in [-0.2, -0.15) is 5.10 Å². The second kappa shape index (κ2) is 5.05. The molecular formula is C13H13ClN2O4. The predicted molar refractivity (Wildman–Crippen MR) is 73.6 cm³/mol. The fourth-order valence-corrected chi connectivity index (χ4v) is 2.18. The highest BCUT2D eigenvalue weighted by Crippen LogP contribution is 2.43. The molecule has 2 aromatic rings. The number of carboxylic acid groups (broad SMARTS) is 1. The summed E-state index contributed by atoms with van der Waals surface area (Å²) in [5.41, 5.74) is 1.35. The molecule has 0 radical (unpaired) electrons. The van der Waals surface area contributed by atoms with Gasteiger partial charge in [0.15, 0.2) is 17.2 Å². The van der Waals surface area contributed by atoms with E-state index in [0.717, 1.165) is 0 Å². The summed E-state index contributed by atoms with van der Waals surface area (Å²) in [6, 6.07) is 2.88. The van der Waals surface area contributed by atoms with Crippen LogP contribution in [0.4, 0.5) is 0 Å². The lowest BCUT2D eigenvalue weighted by Gasteiger charge is -2.13. The van der Waals surface area contributed by atoms with E-state index in [4.69, 9.17) is 21.4 Å². The molecule has 7 heteroatoms. The molecule has 1 heterocycles. The number of halogens is 1. The van der Waals surface area contributed by atoms with Crippen LogP contribution in [-0.2, 0) is 7.05 Å². The van der Waals surface area contributed by atoms with Crippen molar-refractivity contribution in [2.75, 3.05) is 7.11 Å². The Morgan fingerprint density at radius 2 is 2.10 bits per heavy atom. The third-order valence-electron chi connectivity index (χ3n) is 3.04. The molecule has 2 N–H and O–H groups in total. The second-order valence-electron chi connectivity index (χ2n) is 4.25. The molecule has 1 aromatic carbocycles. The van der Waals surface area contributed by atoms with Crippen molar-refractivity contribution >= 4 is 17.6 Å². The zero-order valence-electron chi connectivity index (χ0n) is 11.1. The molecule has 0 saturated carbocycles. The van der Waals surface area contributed by atoms with E-state index in [9.17, 15) is 9.90 Å². The minimum Gasteiger partial charge on any atom is -0.504 e. The van der Waals surface area contributed by atoms with Gasteiger partial charge >= 0.3 is 5.97 Å². The van der Waals surface area contributed by atoms with E-state index in [1.54, 1.807) is 14.0 Å². The summed E-state index contributed by atoms with van der Waals surface area (Å²) in [6.45, 7) is 1.73. The molecule has 0 bridgehead atoms. The van der Waals surface area contributed by atoms with Gasteiger partial charge < -0.3 is 14.9 Å². The molecule has 6 nitrogen and oxygen atoms in total. The van der Waals surface area contributed by atoms with Crippen LogP contribution in [0, 0.1) is 6.92 Å². The summed E-state index contributed by atoms with van der Waals surface area (Å²) < 4.78 is 6.43. The highest BCUT2D eigenvalue weighted by Gasteiger charge is 2.21. The lowest BCUT2D eigenvalue weighted by molar-refractivity contribution is 0.0689. The molecule has 0 aliphatic rings. The SMILES string of the molecule is COc1cc(Cl)c(C)c(-c2cc(C(=O)O)nn2C)c1O. The largest absolute Gasteiger partial charge is 0.504 e. The number of carboxylic acids is 1. The van der Waals surface area contributed by atoms with Crippen molar-refractivity contribution in [2.45, 2.75) is 6.92 Å². The second-order valence-corrected chi connectivity index (χ2v) is 4.66. The Morgan fingerprint density at radius 1 is 1.45 bits per heavy atom. The van der Waals surface area contributed by atoms with E-state index in [2.05, 4.69) is 5.10 Å². The lowest BCUT2D eigenvalue weighted by Crippen LogP contribution is -2.00. The number of nitrogens with zero attached hydrogens (tertiary/aromatic N) is 2. The number of methoxy groups -OCH3 is 1. The van der Waals surface area contributed by atoms with E-state index in [0.29, 0.717) is 21.8 Å². The number of benzene rings is 1. The van der Waals surface area contributed by atoms with Crippen molar-refractivity contribution in [2.24, 2.45) is 7.05 Å². The number of aromatic nitrogens is 2. The number of hydrogen-bond acceptors (Lipinski definition) is 4. The number of carbonyl (C=O) groups is 1. The van der Waals surface area contributed by atoms with Crippen LogP contribution < -0.4 is 4.74 Å². The van der Waals surface area contributed by atoms with Gasteiger partial charge in [-0.3, -0.25) is 4.68 Å². The number of aromatic carboxylic acids is 1. The molecule has 0 saturated heterocycles. The molecule has 2 rings (SSSR count). The maximum atomic E-state index is 11.0. The first-order valence-electron chi connectivity index (χ1n) is 5.70. The number of hydrogen-bond donors (Lipinski definition) is 2. The van der Waals surface area contributed by atoms with Crippen LogP contribution in [0.15, 0.2) is 12.1 Å². The summed E-state index contributed by atoms with van der Waals surface area (Å²) in [4.78, 5) is 11.0. The van der Waals surface area contributed by atoms with Gasteiger partial charge in [-0.1, -0.05) is 11.6 Å². The lowest BCUT2D eigenvalue weighted by atomic mass is 10.0. The Morgan fingerprint density at radius 3 is 2.60 bits per heavy atom. The average Bonchev–Trinajstić information content (AvgIpc) is 2.77. The number of aryl methyl sites for hydroxylation is 1. The molecule has 0 aliphatic heterocycles. The Labute approximate surface area is 120 Å². The maximum absolute atomic E-state index is 11.0. The Hall–Kier alpha value is -2.21. The normalized spacial score (nSPS) is 10.6. The smallest absolute Gasteiger partial charge is 0.356 e. The highest BCUT2D eigenvalue weighted by molar-refractivity contribution is 6.32. The highest BCUT2D eigenvalue weighted by atomic mass is 35.5. The first-order valence-corrected chi connectivity index (χ1v) is 6.08. The zero-order valence-corrected chi connectivity index (χ0v) is 11.9.